The fourth-order valence-corrected chi connectivity index (χ4v) is 6.38. The fraction of sp³-hybridized carbons (Fsp3) is 0.568. The summed E-state index contributed by atoms with van der Waals surface area (Å²) >= 11 is 0. The van der Waals surface area contributed by atoms with E-state index in [1.165, 1.54) is 25.1 Å². The number of hydrogen-bond acceptors (Lipinski definition) is 2. The minimum Gasteiger partial charge on any atom is -0.494 e. The van der Waals surface area contributed by atoms with Gasteiger partial charge >= 0.3 is 0 Å². The van der Waals surface area contributed by atoms with Crippen molar-refractivity contribution in [2.45, 2.75) is 116 Å². The molecule has 0 amide bonds. The summed E-state index contributed by atoms with van der Waals surface area (Å²) in [5.74, 6) is -2.36. The SMILES string of the molecule is CCCCCCOc1ccc(CCc2ccc(C3CCC(C4=CC=C(OCCCC)C(C)(F)C4F)CC3)c(F)c2)c(F)c1F. The van der Waals surface area contributed by atoms with Gasteiger partial charge in [-0.25, -0.2) is 17.6 Å². The average Bonchev–Trinajstić information content (AvgIpc) is 3.01. The topological polar surface area (TPSA) is 18.5 Å². The molecule has 2 aromatic rings. The van der Waals surface area contributed by atoms with Crippen molar-refractivity contribution in [2.24, 2.45) is 5.92 Å². The highest BCUT2D eigenvalue weighted by Crippen LogP contribution is 2.45. The quantitative estimate of drug-likeness (QED) is 0.146. The Hall–Kier alpha value is -2.83. The molecular weight excluding hydrogens is 571 g/mol. The van der Waals surface area contributed by atoms with Crippen LogP contribution in [0.1, 0.15) is 108 Å². The van der Waals surface area contributed by atoms with Gasteiger partial charge in [-0.15, -0.1) is 0 Å². The molecule has 0 saturated heterocycles. The maximum atomic E-state index is 15.4. The third-order valence-corrected chi connectivity index (χ3v) is 9.20. The van der Waals surface area contributed by atoms with E-state index in [0.29, 0.717) is 62.0 Å². The lowest BCUT2D eigenvalue weighted by molar-refractivity contribution is 0.0376. The Morgan fingerprint density at radius 1 is 0.773 bits per heavy atom. The number of alkyl halides is 2. The van der Waals surface area contributed by atoms with Gasteiger partial charge in [0.2, 0.25) is 5.82 Å². The number of aryl methyl sites for hydroxylation is 2. The minimum atomic E-state index is -2.20. The van der Waals surface area contributed by atoms with Crippen LogP contribution in [0.15, 0.2) is 53.8 Å². The Kier molecular flexibility index (Phi) is 12.3. The fourth-order valence-electron chi connectivity index (χ4n) is 6.38. The molecule has 2 nitrogen and oxygen atoms in total. The largest absolute Gasteiger partial charge is 0.494 e. The monoisotopic (exact) mass is 618 g/mol. The van der Waals surface area contributed by atoms with Crippen molar-refractivity contribution in [3.63, 3.8) is 0 Å². The Labute approximate surface area is 259 Å². The number of rotatable bonds is 15. The van der Waals surface area contributed by atoms with E-state index in [1.807, 2.05) is 13.0 Å². The van der Waals surface area contributed by atoms with E-state index in [2.05, 4.69) is 6.92 Å². The molecule has 0 radical (unpaired) electrons. The molecule has 2 aromatic carbocycles. The first-order valence-corrected chi connectivity index (χ1v) is 16.4. The van der Waals surface area contributed by atoms with Gasteiger partial charge in [-0.1, -0.05) is 63.8 Å². The van der Waals surface area contributed by atoms with Gasteiger partial charge in [0.25, 0.3) is 0 Å². The molecule has 242 valence electrons. The van der Waals surface area contributed by atoms with Gasteiger partial charge in [0, 0.05) is 0 Å². The molecule has 2 aliphatic rings. The summed E-state index contributed by atoms with van der Waals surface area (Å²) in [7, 11) is 0. The van der Waals surface area contributed by atoms with E-state index in [0.717, 1.165) is 38.5 Å². The summed E-state index contributed by atoms with van der Waals surface area (Å²) in [6.45, 7) is 6.08. The van der Waals surface area contributed by atoms with Gasteiger partial charge in [0.05, 0.1) is 13.2 Å². The van der Waals surface area contributed by atoms with E-state index in [4.69, 9.17) is 9.47 Å². The van der Waals surface area contributed by atoms with Gasteiger partial charge in [0.15, 0.2) is 23.4 Å². The van der Waals surface area contributed by atoms with Crippen LogP contribution in [0.4, 0.5) is 22.0 Å². The van der Waals surface area contributed by atoms with Crippen LogP contribution in [0.25, 0.3) is 0 Å². The third kappa shape index (κ3) is 8.25. The summed E-state index contributed by atoms with van der Waals surface area (Å²) in [6, 6.07) is 8.10. The van der Waals surface area contributed by atoms with Gasteiger partial charge in [-0.05, 0) is 111 Å². The highest BCUT2D eigenvalue weighted by Gasteiger charge is 2.46. The van der Waals surface area contributed by atoms with Gasteiger partial charge in [-0.3, -0.25) is 0 Å². The molecule has 0 N–H and O–H groups in total. The molecule has 2 aliphatic carbocycles. The van der Waals surface area contributed by atoms with Gasteiger partial charge in [0.1, 0.15) is 11.6 Å². The number of hydrogen-bond donors (Lipinski definition) is 0. The van der Waals surface area contributed by atoms with Crippen LogP contribution in [0.5, 0.6) is 5.75 Å². The molecule has 2 atom stereocenters. The number of halogens is 5. The molecule has 1 fully saturated rings. The van der Waals surface area contributed by atoms with Crippen molar-refractivity contribution in [1.29, 1.82) is 0 Å². The zero-order valence-electron chi connectivity index (χ0n) is 26.4. The highest BCUT2D eigenvalue weighted by atomic mass is 19.2. The summed E-state index contributed by atoms with van der Waals surface area (Å²) in [6.07, 6.45) is 10.4. The van der Waals surface area contributed by atoms with Crippen molar-refractivity contribution >= 4 is 0 Å². The van der Waals surface area contributed by atoms with Crippen LogP contribution in [0.3, 0.4) is 0 Å². The van der Waals surface area contributed by atoms with Crippen LogP contribution in [0.2, 0.25) is 0 Å². The third-order valence-electron chi connectivity index (χ3n) is 9.20. The molecule has 0 aliphatic heterocycles. The molecule has 44 heavy (non-hydrogen) atoms. The van der Waals surface area contributed by atoms with Crippen LogP contribution < -0.4 is 4.74 Å². The maximum Gasteiger partial charge on any atom is 0.200 e. The van der Waals surface area contributed by atoms with E-state index < -0.39 is 23.5 Å². The standard InChI is InChI=1S/C37H47F5O2/c1-4-6-8-9-23-43-32-20-17-28(34(39)35(32)40)12-10-25-11-18-29(31(38)24-25)26-13-15-27(16-14-26)30-19-21-33(44-22-7-5-2)37(3,42)36(30)41/h11,17-21,24,26-27,36H,4-10,12-16,22-23H2,1-3H3. The molecule has 4 rings (SSSR count). The van der Waals surface area contributed by atoms with Crippen molar-refractivity contribution in [3.8, 4) is 5.75 Å². The molecule has 0 spiro atoms. The smallest absolute Gasteiger partial charge is 0.200 e. The Morgan fingerprint density at radius 2 is 1.48 bits per heavy atom. The van der Waals surface area contributed by atoms with Crippen molar-refractivity contribution in [1.82, 2.24) is 0 Å². The average molecular weight is 619 g/mol. The lowest BCUT2D eigenvalue weighted by atomic mass is 9.72. The second-order valence-corrected chi connectivity index (χ2v) is 12.5. The van der Waals surface area contributed by atoms with E-state index in [-0.39, 0.29) is 41.1 Å². The Balaban J connectivity index is 1.31. The van der Waals surface area contributed by atoms with Gasteiger partial charge in [-0.2, -0.15) is 4.39 Å². The van der Waals surface area contributed by atoms with Crippen LogP contribution in [-0.4, -0.2) is 25.1 Å². The first kappa shape index (κ1) is 34.1. The lowest BCUT2D eigenvalue weighted by Gasteiger charge is -2.37. The molecule has 0 heterocycles. The van der Waals surface area contributed by atoms with Crippen LogP contribution in [-0.2, 0) is 17.6 Å². The zero-order chi connectivity index (χ0) is 31.7. The molecule has 0 bridgehead atoms. The molecule has 2 unspecified atom stereocenters. The minimum absolute atomic E-state index is 0.0103. The summed E-state index contributed by atoms with van der Waals surface area (Å²) < 4.78 is 86.3. The second kappa shape index (κ2) is 15.9. The van der Waals surface area contributed by atoms with Crippen molar-refractivity contribution in [3.05, 3.63) is 88.0 Å². The molecule has 1 saturated carbocycles. The lowest BCUT2D eigenvalue weighted by Crippen LogP contribution is -2.40. The number of allylic oxidation sites excluding steroid dienone is 4. The van der Waals surface area contributed by atoms with Crippen LogP contribution >= 0.6 is 0 Å². The molecule has 0 aromatic heterocycles. The number of unbranched alkanes of at least 4 members (excludes halogenated alkanes) is 4. The summed E-state index contributed by atoms with van der Waals surface area (Å²) in [5.41, 5.74) is -0.196. The highest BCUT2D eigenvalue weighted by molar-refractivity contribution is 5.36. The Bertz CT molecular complexity index is 1290. The number of ether oxygens (including phenoxy) is 2. The number of benzene rings is 2. The first-order valence-electron chi connectivity index (χ1n) is 16.4. The van der Waals surface area contributed by atoms with Crippen molar-refractivity contribution < 1.29 is 31.4 Å². The second-order valence-electron chi connectivity index (χ2n) is 12.5. The predicted molar refractivity (Wildman–Crippen MR) is 166 cm³/mol. The summed E-state index contributed by atoms with van der Waals surface area (Å²) in [5, 5.41) is 0. The first-order chi connectivity index (χ1) is 21.2. The Morgan fingerprint density at radius 3 is 2.18 bits per heavy atom. The van der Waals surface area contributed by atoms with Gasteiger partial charge < -0.3 is 9.47 Å². The molecular formula is C37H47F5O2. The van der Waals surface area contributed by atoms with Crippen LogP contribution in [0, 0.1) is 23.4 Å². The summed E-state index contributed by atoms with van der Waals surface area (Å²) in [4.78, 5) is 0. The zero-order valence-corrected chi connectivity index (χ0v) is 26.4. The van der Waals surface area contributed by atoms with E-state index in [1.54, 1.807) is 18.2 Å². The predicted octanol–water partition coefficient (Wildman–Crippen LogP) is 10.8. The normalized spacial score (nSPS) is 23.7. The maximum absolute atomic E-state index is 15.4. The van der Waals surface area contributed by atoms with Crippen molar-refractivity contribution in [2.75, 3.05) is 13.2 Å². The van der Waals surface area contributed by atoms with E-state index >= 15 is 13.2 Å². The van der Waals surface area contributed by atoms with E-state index in [9.17, 15) is 8.78 Å². The molecule has 7 heteroatoms.